The number of nitrogens with two attached hydrogens (primary N) is 1. The summed E-state index contributed by atoms with van der Waals surface area (Å²) in [5.74, 6) is -4.95. The van der Waals surface area contributed by atoms with Gasteiger partial charge in [-0.15, -0.1) is 0 Å². The number of hydrogen-bond donors (Lipinski definition) is 7. The topological polar surface area (TPSA) is 204 Å². The highest BCUT2D eigenvalue weighted by atomic mass is 16.4. The Morgan fingerprint density at radius 3 is 2.14 bits per heavy atom. The van der Waals surface area contributed by atoms with Gasteiger partial charge in [-0.05, 0) is 36.0 Å². The van der Waals surface area contributed by atoms with E-state index in [2.05, 4.69) is 20.9 Å². The molecule has 0 saturated carbocycles. The van der Waals surface area contributed by atoms with E-state index < -0.39 is 66.2 Å². The fraction of sp³-hybridized carbons (Fsp3) is 0.387. The van der Waals surface area contributed by atoms with Crippen LogP contribution in [0.15, 0.2) is 60.8 Å². The third kappa shape index (κ3) is 9.40. The fourth-order valence-electron chi connectivity index (χ4n) is 4.71. The molecule has 1 aromatic heterocycles. The molecule has 0 aliphatic rings. The Hall–Kier alpha value is -4.71. The zero-order valence-electron chi connectivity index (χ0n) is 24.2. The standard InChI is InChI=1S/C31H39N5O7/c1-3-18(2)27(30(41)34-24(31(42)43)13-14-26(37)38)36-29(40)25(15-19-9-5-4-6-10-19)35-28(39)22(32)16-20-17-33-23-12-8-7-11-21(20)23/h4-12,17-18,22,24-25,27,33H,3,13-16,32H2,1-2H3,(H,34,41)(H,35,39)(H,36,40)(H,37,38)(H,42,43). The maximum Gasteiger partial charge on any atom is 0.326 e. The molecule has 0 saturated heterocycles. The summed E-state index contributed by atoms with van der Waals surface area (Å²) in [6, 6.07) is 12.0. The second-order valence-electron chi connectivity index (χ2n) is 10.6. The first-order valence-corrected chi connectivity index (χ1v) is 14.2. The van der Waals surface area contributed by atoms with Crippen molar-refractivity contribution in [1.29, 1.82) is 0 Å². The lowest BCUT2D eigenvalue weighted by molar-refractivity contribution is -0.143. The maximum atomic E-state index is 13.6. The summed E-state index contributed by atoms with van der Waals surface area (Å²) in [5, 5.41) is 27.2. The first-order valence-electron chi connectivity index (χ1n) is 14.2. The van der Waals surface area contributed by atoms with Crippen molar-refractivity contribution in [3.05, 3.63) is 71.9 Å². The highest BCUT2D eigenvalue weighted by Crippen LogP contribution is 2.19. The van der Waals surface area contributed by atoms with Crippen molar-refractivity contribution in [3.8, 4) is 0 Å². The Morgan fingerprint density at radius 1 is 0.837 bits per heavy atom. The number of aromatic nitrogens is 1. The van der Waals surface area contributed by atoms with E-state index in [0.717, 1.165) is 22.0 Å². The Bertz CT molecular complexity index is 1420. The minimum atomic E-state index is -1.45. The Kier molecular flexibility index (Phi) is 11.8. The van der Waals surface area contributed by atoms with Gasteiger partial charge in [0.05, 0.1) is 6.04 Å². The van der Waals surface area contributed by atoms with Gasteiger partial charge in [0, 0.05) is 29.9 Å². The first-order chi connectivity index (χ1) is 20.5. The number of fused-ring (bicyclic) bond motifs is 1. The van der Waals surface area contributed by atoms with Gasteiger partial charge in [0.15, 0.2) is 0 Å². The van der Waals surface area contributed by atoms with Crippen LogP contribution < -0.4 is 21.7 Å². The molecule has 0 radical (unpaired) electrons. The molecule has 3 amide bonds. The van der Waals surface area contributed by atoms with Gasteiger partial charge in [0.1, 0.15) is 18.1 Å². The molecule has 3 rings (SSSR count). The number of aliphatic carboxylic acids is 2. The number of amides is 3. The minimum Gasteiger partial charge on any atom is -0.481 e. The van der Waals surface area contributed by atoms with Gasteiger partial charge in [0.2, 0.25) is 17.7 Å². The molecular formula is C31H39N5O7. The number of H-pyrrole nitrogens is 1. The maximum absolute atomic E-state index is 13.6. The quantitative estimate of drug-likeness (QED) is 0.130. The molecule has 12 nitrogen and oxygen atoms in total. The highest BCUT2D eigenvalue weighted by molar-refractivity contribution is 5.94. The SMILES string of the molecule is CCC(C)C(NC(=O)C(Cc1ccccc1)NC(=O)C(N)Cc1c[nH]c2ccccc12)C(=O)NC(CCC(=O)O)C(=O)O. The van der Waals surface area contributed by atoms with Gasteiger partial charge in [-0.3, -0.25) is 19.2 Å². The monoisotopic (exact) mass is 593 g/mol. The van der Waals surface area contributed by atoms with Crippen LogP contribution in [-0.2, 0) is 36.8 Å². The number of carboxylic acid groups (broad SMARTS) is 2. The molecule has 3 aromatic rings. The molecule has 2 aromatic carbocycles. The van der Waals surface area contributed by atoms with Crippen LogP contribution in [0.2, 0.25) is 0 Å². The lowest BCUT2D eigenvalue weighted by Crippen LogP contribution is -2.59. The smallest absolute Gasteiger partial charge is 0.326 e. The molecule has 1 heterocycles. The summed E-state index contributed by atoms with van der Waals surface area (Å²) in [6.45, 7) is 3.53. The molecule has 8 N–H and O–H groups in total. The fourth-order valence-corrected chi connectivity index (χ4v) is 4.71. The predicted octanol–water partition coefficient (Wildman–Crippen LogP) is 1.73. The van der Waals surface area contributed by atoms with Gasteiger partial charge >= 0.3 is 11.9 Å². The van der Waals surface area contributed by atoms with Gasteiger partial charge in [-0.25, -0.2) is 4.79 Å². The van der Waals surface area contributed by atoms with Crippen LogP contribution in [0.25, 0.3) is 10.9 Å². The van der Waals surface area contributed by atoms with Crippen molar-refractivity contribution >= 4 is 40.6 Å². The summed E-state index contributed by atoms with van der Waals surface area (Å²) in [4.78, 5) is 65.8. The summed E-state index contributed by atoms with van der Waals surface area (Å²) in [5.41, 5.74) is 8.80. The summed E-state index contributed by atoms with van der Waals surface area (Å²) in [7, 11) is 0. The lowest BCUT2D eigenvalue weighted by Gasteiger charge is -2.28. The molecule has 230 valence electrons. The number of aromatic amines is 1. The summed E-state index contributed by atoms with van der Waals surface area (Å²) < 4.78 is 0. The van der Waals surface area contributed by atoms with Crippen molar-refractivity contribution in [2.24, 2.45) is 11.7 Å². The molecular weight excluding hydrogens is 554 g/mol. The number of carboxylic acids is 2. The second-order valence-corrected chi connectivity index (χ2v) is 10.6. The van der Waals surface area contributed by atoms with E-state index in [1.807, 2.05) is 37.3 Å². The number of para-hydroxylation sites is 1. The number of carbonyl (C=O) groups is 5. The number of carbonyl (C=O) groups excluding carboxylic acids is 3. The van der Waals surface area contributed by atoms with Crippen molar-refractivity contribution < 1.29 is 34.2 Å². The van der Waals surface area contributed by atoms with Crippen LogP contribution >= 0.6 is 0 Å². The molecule has 43 heavy (non-hydrogen) atoms. The van der Waals surface area contributed by atoms with E-state index in [9.17, 15) is 29.1 Å². The molecule has 0 spiro atoms. The Morgan fingerprint density at radius 2 is 1.49 bits per heavy atom. The van der Waals surface area contributed by atoms with Crippen LogP contribution in [0.1, 0.15) is 44.2 Å². The van der Waals surface area contributed by atoms with Gasteiger partial charge < -0.3 is 36.9 Å². The van der Waals surface area contributed by atoms with Crippen molar-refractivity contribution in [3.63, 3.8) is 0 Å². The number of rotatable bonds is 16. The largest absolute Gasteiger partial charge is 0.481 e. The van der Waals surface area contributed by atoms with E-state index in [1.165, 1.54) is 0 Å². The van der Waals surface area contributed by atoms with Crippen LogP contribution in [0.5, 0.6) is 0 Å². The third-order valence-electron chi connectivity index (χ3n) is 7.42. The average Bonchev–Trinajstić information content (AvgIpc) is 3.39. The third-order valence-corrected chi connectivity index (χ3v) is 7.42. The van der Waals surface area contributed by atoms with Gasteiger partial charge in [-0.1, -0.05) is 68.8 Å². The van der Waals surface area contributed by atoms with E-state index in [-0.39, 0.29) is 19.3 Å². The number of benzene rings is 2. The number of nitrogens with one attached hydrogen (secondary N) is 4. The summed E-state index contributed by atoms with van der Waals surface area (Å²) >= 11 is 0. The van der Waals surface area contributed by atoms with Gasteiger partial charge in [-0.2, -0.15) is 0 Å². The normalized spacial score (nSPS) is 14.6. The molecule has 0 aliphatic carbocycles. The summed E-state index contributed by atoms with van der Waals surface area (Å²) in [6.07, 6.45) is 1.82. The first kappa shape index (κ1) is 32.8. The molecule has 12 heteroatoms. The van der Waals surface area contributed by atoms with Crippen LogP contribution in [0.3, 0.4) is 0 Å². The molecule has 0 fully saturated rings. The molecule has 0 aliphatic heterocycles. The Labute approximate surface area is 249 Å². The average molecular weight is 594 g/mol. The lowest BCUT2D eigenvalue weighted by atomic mass is 9.96. The van der Waals surface area contributed by atoms with Crippen molar-refractivity contribution in [1.82, 2.24) is 20.9 Å². The predicted molar refractivity (Wildman–Crippen MR) is 160 cm³/mol. The van der Waals surface area contributed by atoms with Crippen molar-refractivity contribution in [2.75, 3.05) is 0 Å². The van der Waals surface area contributed by atoms with Crippen molar-refractivity contribution in [2.45, 2.75) is 70.1 Å². The molecule has 5 atom stereocenters. The minimum absolute atomic E-state index is 0.115. The van der Waals surface area contributed by atoms with Crippen LogP contribution in [-0.4, -0.2) is 69.0 Å². The highest BCUT2D eigenvalue weighted by Gasteiger charge is 2.33. The molecule has 5 unspecified atom stereocenters. The van der Waals surface area contributed by atoms with E-state index in [4.69, 9.17) is 10.8 Å². The zero-order valence-corrected chi connectivity index (χ0v) is 24.2. The second kappa shape index (κ2) is 15.5. The van der Waals surface area contributed by atoms with Crippen LogP contribution in [0, 0.1) is 5.92 Å². The van der Waals surface area contributed by atoms with E-state index in [0.29, 0.717) is 6.42 Å². The zero-order chi connectivity index (χ0) is 31.5. The van der Waals surface area contributed by atoms with E-state index in [1.54, 1.807) is 37.4 Å². The number of hydrogen-bond acceptors (Lipinski definition) is 6. The van der Waals surface area contributed by atoms with Crippen LogP contribution in [0.4, 0.5) is 0 Å². The Balaban J connectivity index is 1.77. The molecule has 0 bridgehead atoms. The van der Waals surface area contributed by atoms with Gasteiger partial charge in [0.25, 0.3) is 0 Å². The van der Waals surface area contributed by atoms with E-state index >= 15 is 0 Å².